The highest BCUT2D eigenvalue weighted by Gasteiger charge is 2.00. The van der Waals surface area contributed by atoms with Crippen molar-refractivity contribution >= 4 is 0 Å². The van der Waals surface area contributed by atoms with Gasteiger partial charge in [0.1, 0.15) is 0 Å². The molecule has 1 aromatic heterocycles. The molecular formula is C16H25N. The van der Waals surface area contributed by atoms with Gasteiger partial charge in [-0.25, -0.2) is 0 Å². The Labute approximate surface area is 106 Å². The predicted molar refractivity (Wildman–Crippen MR) is 73.2 cm³/mol. The lowest BCUT2D eigenvalue weighted by Gasteiger charge is -2.07. The molecule has 1 aliphatic rings. The highest BCUT2D eigenvalue weighted by Crippen LogP contribution is 2.14. The van der Waals surface area contributed by atoms with Crippen LogP contribution in [0.25, 0.3) is 0 Å². The van der Waals surface area contributed by atoms with Crippen LogP contribution in [-0.2, 0) is 12.8 Å². The van der Waals surface area contributed by atoms with E-state index in [2.05, 4.69) is 18.2 Å². The molecule has 0 fully saturated rings. The third-order valence-electron chi connectivity index (χ3n) is 3.73. The molecule has 0 atom stereocenters. The van der Waals surface area contributed by atoms with Gasteiger partial charge in [0.15, 0.2) is 0 Å². The summed E-state index contributed by atoms with van der Waals surface area (Å²) < 4.78 is 0. The van der Waals surface area contributed by atoms with E-state index in [9.17, 15) is 0 Å². The molecule has 0 amide bonds. The number of hydrogen-bond donors (Lipinski definition) is 0. The Hall–Kier alpha value is -0.850. The Morgan fingerprint density at radius 3 is 1.47 bits per heavy atom. The first-order valence-corrected chi connectivity index (χ1v) is 7.40. The van der Waals surface area contributed by atoms with Crippen molar-refractivity contribution in [2.24, 2.45) is 0 Å². The van der Waals surface area contributed by atoms with Crippen molar-refractivity contribution in [1.29, 1.82) is 0 Å². The van der Waals surface area contributed by atoms with E-state index in [4.69, 9.17) is 4.98 Å². The van der Waals surface area contributed by atoms with E-state index >= 15 is 0 Å². The van der Waals surface area contributed by atoms with Crippen LogP contribution in [0.15, 0.2) is 18.2 Å². The summed E-state index contributed by atoms with van der Waals surface area (Å²) in [7, 11) is 0. The van der Waals surface area contributed by atoms with Crippen LogP contribution in [0.2, 0.25) is 0 Å². The first-order chi connectivity index (χ1) is 8.45. The Morgan fingerprint density at radius 2 is 1.00 bits per heavy atom. The lowest BCUT2D eigenvalue weighted by molar-refractivity contribution is 0.552. The van der Waals surface area contributed by atoms with Gasteiger partial charge >= 0.3 is 0 Å². The van der Waals surface area contributed by atoms with Crippen LogP contribution in [0.1, 0.15) is 69.2 Å². The van der Waals surface area contributed by atoms with Gasteiger partial charge in [0.05, 0.1) is 0 Å². The molecule has 1 nitrogen and oxygen atoms in total. The van der Waals surface area contributed by atoms with Crippen molar-refractivity contribution in [3.63, 3.8) is 0 Å². The van der Waals surface area contributed by atoms with Gasteiger partial charge in [-0.05, 0) is 37.8 Å². The van der Waals surface area contributed by atoms with Crippen LogP contribution in [0.4, 0.5) is 0 Å². The second-order valence-corrected chi connectivity index (χ2v) is 5.30. The average Bonchev–Trinajstić information content (AvgIpc) is 2.36. The second kappa shape index (κ2) is 7.47. The summed E-state index contributed by atoms with van der Waals surface area (Å²) in [6, 6.07) is 6.56. The van der Waals surface area contributed by atoms with Gasteiger partial charge in [-0.1, -0.05) is 51.0 Å². The number of hydrogen-bond acceptors (Lipinski definition) is 1. The van der Waals surface area contributed by atoms with Crippen LogP contribution in [0.3, 0.4) is 0 Å². The third kappa shape index (κ3) is 4.89. The van der Waals surface area contributed by atoms with Crippen LogP contribution < -0.4 is 0 Å². The monoisotopic (exact) mass is 231 g/mol. The highest BCUT2D eigenvalue weighted by molar-refractivity contribution is 5.11. The molecule has 1 aliphatic heterocycles. The van der Waals surface area contributed by atoms with Crippen molar-refractivity contribution < 1.29 is 0 Å². The maximum absolute atomic E-state index is 4.76. The largest absolute Gasteiger partial charge is 0.258 e. The predicted octanol–water partition coefficient (Wildman–Crippen LogP) is 4.69. The highest BCUT2D eigenvalue weighted by atomic mass is 14.7. The Morgan fingerprint density at radius 1 is 0.588 bits per heavy atom. The fraction of sp³-hybridized carbons (Fsp3) is 0.688. The fourth-order valence-corrected chi connectivity index (χ4v) is 2.66. The molecule has 0 saturated carbocycles. The van der Waals surface area contributed by atoms with Gasteiger partial charge < -0.3 is 0 Å². The lowest BCUT2D eigenvalue weighted by atomic mass is 10.0. The summed E-state index contributed by atoms with van der Waals surface area (Å²) in [5.41, 5.74) is 2.61. The van der Waals surface area contributed by atoms with Crippen LogP contribution in [0, 0.1) is 0 Å². The molecule has 94 valence electrons. The number of nitrogens with zero attached hydrogens (tertiary/aromatic N) is 1. The summed E-state index contributed by atoms with van der Waals surface area (Å²) in [6.45, 7) is 0. The Bertz CT molecular complexity index is 292. The van der Waals surface area contributed by atoms with E-state index in [1.54, 1.807) is 0 Å². The van der Waals surface area contributed by atoms with Crippen LogP contribution >= 0.6 is 0 Å². The fourth-order valence-electron chi connectivity index (χ4n) is 2.66. The average molecular weight is 231 g/mol. The third-order valence-corrected chi connectivity index (χ3v) is 3.73. The molecule has 0 spiro atoms. The normalized spacial score (nSPS) is 19.5. The zero-order chi connectivity index (χ0) is 11.8. The molecule has 0 radical (unpaired) electrons. The molecule has 1 heteroatoms. The molecule has 2 rings (SSSR count). The standard InChI is InChI=1S/C16H25N/c1-2-4-6-8-11-15-13-10-14-16(17-15)12-9-7-5-3-1/h10,13-14H,1-9,11-12H2. The molecule has 0 aromatic carbocycles. The minimum Gasteiger partial charge on any atom is -0.258 e. The molecule has 1 aromatic rings. The first kappa shape index (κ1) is 12.6. The molecule has 0 saturated heterocycles. The van der Waals surface area contributed by atoms with Crippen molar-refractivity contribution in [3.8, 4) is 0 Å². The van der Waals surface area contributed by atoms with E-state index in [0.29, 0.717) is 0 Å². The van der Waals surface area contributed by atoms with Crippen molar-refractivity contribution in [2.45, 2.75) is 70.6 Å². The van der Waals surface area contributed by atoms with Gasteiger partial charge in [-0.2, -0.15) is 0 Å². The van der Waals surface area contributed by atoms with E-state index < -0.39 is 0 Å². The van der Waals surface area contributed by atoms with Crippen LogP contribution in [0.5, 0.6) is 0 Å². The smallest absolute Gasteiger partial charge is 0.0406 e. The van der Waals surface area contributed by atoms with E-state index in [0.717, 1.165) is 0 Å². The molecule has 2 bridgehead atoms. The summed E-state index contributed by atoms with van der Waals surface area (Å²) in [5.74, 6) is 0. The van der Waals surface area contributed by atoms with E-state index in [1.165, 1.54) is 82.0 Å². The van der Waals surface area contributed by atoms with Gasteiger partial charge in [0, 0.05) is 11.4 Å². The maximum Gasteiger partial charge on any atom is 0.0406 e. The quantitative estimate of drug-likeness (QED) is 0.631. The Kier molecular flexibility index (Phi) is 5.54. The molecule has 0 unspecified atom stereocenters. The van der Waals surface area contributed by atoms with Crippen molar-refractivity contribution in [3.05, 3.63) is 29.6 Å². The molecule has 0 aliphatic carbocycles. The van der Waals surface area contributed by atoms with Gasteiger partial charge in [0.25, 0.3) is 0 Å². The zero-order valence-corrected chi connectivity index (χ0v) is 11.0. The van der Waals surface area contributed by atoms with Gasteiger partial charge in [-0.15, -0.1) is 0 Å². The lowest BCUT2D eigenvalue weighted by Crippen LogP contribution is -1.97. The molecule has 0 N–H and O–H groups in total. The number of aryl methyl sites for hydroxylation is 2. The summed E-state index contributed by atoms with van der Waals surface area (Å²) in [5, 5.41) is 0. The molecule has 2 heterocycles. The number of aromatic nitrogens is 1. The van der Waals surface area contributed by atoms with E-state index in [1.807, 2.05) is 0 Å². The first-order valence-electron chi connectivity index (χ1n) is 7.40. The van der Waals surface area contributed by atoms with Crippen LogP contribution in [-0.4, -0.2) is 4.98 Å². The summed E-state index contributed by atoms with van der Waals surface area (Å²) >= 11 is 0. The zero-order valence-electron chi connectivity index (χ0n) is 11.0. The molecular weight excluding hydrogens is 206 g/mol. The van der Waals surface area contributed by atoms with Crippen molar-refractivity contribution in [1.82, 2.24) is 4.98 Å². The minimum atomic E-state index is 1.17. The van der Waals surface area contributed by atoms with Crippen molar-refractivity contribution in [2.75, 3.05) is 0 Å². The summed E-state index contributed by atoms with van der Waals surface area (Å²) in [4.78, 5) is 4.76. The number of pyridine rings is 1. The summed E-state index contributed by atoms with van der Waals surface area (Å²) in [6.07, 6.45) is 14.9. The van der Waals surface area contributed by atoms with E-state index in [-0.39, 0.29) is 0 Å². The Balaban J connectivity index is 1.91. The second-order valence-electron chi connectivity index (χ2n) is 5.30. The number of fused-ring (bicyclic) bond motifs is 2. The topological polar surface area (TPSA) is 12.9 Å². The minimum absolute atomic E-state index is 1.17. The van der Waals surface area contributed by atoms with Gasteiger partial charge in [0.2, 0.25) is 0 Å². The SMILES string of the molecule is c1cc2nc(c1)CCCCCCCCCCC2. The number of rotatable bonds is 0. The van der Waals surface area contributed by atoms with Gasteiger partial charge in [-0.3, -0.25) is 4.98 Å². The molecule has 17 heavy (non-hydrogen) atoms. The maximum atomic E-state index is 4.76.